The molecule has 0 spiro atoms. The van der Waals surface area contributed by atoms with Crippen molar-refractivity contribution in [2.75, 3.05) is 39.5 Å². The largest absolute Gasteiger partial charge is 0.468 e. The Balaban J connectivity index is 2.59. The van der Waals surface area contributed by atoms with Crippen molar-refractivity contribution in [3.05, 3.63) is 0 Å². The maximum Gasteiger partial charge on any atom is 0.325 e. The zero-order valence-electron chi connectivity index (χ0n) is 12.2. The van der Waals surface area contributed by atoms with Crippen molar-refractivity contribution in [2.24, 2.45) is 5.92 Å². The predicted octanol–water partition coefficient (Wildman–Crippen LogP) is -0.320. The molecule has 1 fully saturated rings. The standard InChI is InChI=1S/C12H22N2O5S/c1-4-13(9-11(15)19-2)12(16)10-5-7-14(8-6-10)20(3,17)18/h10H,4-9H2,1-3H3. The summed E-state index contributed by atoms with van der Waals surface area (Å²) in [5, 5.41) is 0. The molecule has 0 bridgehead atoms. The lowest BCUT2D eigenvalue weighted by atomic mass is 9.96. The summed E-state index contributed by atoms with van der Waals surface area (Å²) in [4.78, 5) is 25.0. The number of hydrogen-bond donors (Lipinski definition) is 0. The molecule has 0 aromatic heterocycles. The van der Waals surface area contributed by atoms with Crippen LogP contribution in [0.1, 0.15) is 19.8 Å². The van der Waals surface area contributed by atoms with Gasteiger partial charge in [0.1, 0.15) is 6.54 Å². The van der Waals surface area contributed by atoms with Crippen LogP contribution in [0, 0.1) is 5.92 Å². The number of piperidine rings is 1. The Morgan fingerprint density at radius 3 is 2.25 bits per heavy atom. The van der Waals surface area contributed by atoms with Crippen LogP contribution in [0.4, 0.5) is 0 Å². The highest BCUT2D eigenvalue weighted by Crippen LogP contribution is 2.21. The summed E-state index contributed by atoms with van der Waals surface area (Å²) in [5.41, 5.74) is 0. The predicted molar refractivity (Wildman–Crippen MR) is 73.4 cm³/mol. The minimum absolute atomic E-state index is 0.0574. The number of carbonyl (C=O) groups excluding carboxylic acids is 2. The second-order valence-corrected chi connectivity index (χ2v) is 6.85. The highest BCUT2D eigenvalue weighted by Gasteiger charge is 2.31. The molecular weight excluding hydrogens is 284 g/mol. The van der Waals surface area contributed by atoms with E-state index >= 15 is 0 Å². The fourth-order valence-electron chi connectivity index (χ4n) is 2.26. The van der Waals surface area contributed by atoms with E-state index in [-0.39, 0.29) is 18.4 Å². The van der Waals surface area contributed by atoms with E-state index in [2.05, 4.69) is 4.74 Å². The van der Waals surface area contributed by atoms with Gasteiger partial charge in [-0.3, -0.25) is 9.59 Å². The number of likely N-dealkylation sites (N-methyl/N-ethyl adjacent to an activating group) is 1. The van der Waals surface area contributed by atoms with E-state index < -0.39 is 16.0 Å². The van der Waals surface area contributed by atoms with Crippen LogP contribution in [-0.4, -0.2) is 69.0 Å². The number of rotatable bonds is 5. The van der Waals surface area contributed by atoms with Crippen LogP contribution < -0.4 is 0 Å². The van der Waals surface area contributed by atoms with Crippen LogP contribution in [0.25, 0.3) is 0 Å². The number of nitrogens with zero attached hydrogens (tertiary/aromatic N) is 2. The van der Waals surface area contributed by atoms with E-state index in [1.807, 2.05) is 0 Å². The van der Waals surface area contributed by atoms with E-state index in [0.29, 0.717) is 32.5 Å². The third-order valence-corrected chi connectivity index (χ3v) is 4.82. The van der Waals surface area contributed by atoms with Gasteiger partial charge in [0.25, 0.3) is 0 Å². The average Bonchev–Trinajstić information content (AvgIpc) is 2.42. The molecule has 0 atom stereocenters. The number of sulfonamides is 1. The fourth-order valence-corrected chi connectivity index (χ4v) is 3.13. The Morgan fingerprint density at radius 2 is 1.85 bits per heavy atom. The van der Waals surface area contributed by atoms with Gasteiger partial charge < -0.3 is 9.64 Å². The lowest BCUT2D eigenvalue weighted by molar-refractivity contribution is -0.148. The molecule has 0 radical (unpaired) electrons. The van der Waals surface area contributed by atoms with Gasteiger partial charge in [-0.25, -0.2) is 12.7 Å². The first-order valence-electron chi connectivity index (χ1n) is 6.60. The molecule has 1 saturated heterocycles. The number of hydrogen-bond acceptors (Lipinski definition) is 5. The average molecular weight is 306 g/mol. The van der Waals surface area contributed by atoms with Crippen LogP contribution in [0.2, 0.25) is 0 Å². The van der Waals surface area contributed by atoms with Crippen molar-refractivity contribution in [1.29, 1.82) is 0 Å². The van der Waals surface area contributed by atoms with Crippen molar-refractivity contribution in [3.8, 4) is 0 Å². The lowest BCUT2D eigenvalue weighted by Gasteiger charge is -2.32. The van der Waals surface area contributed by atoms with Crippen LogP contribution in [0.15, 0.2) is 0 Å². The molecule has 0 aliphatic carbocycles. The normalized spacial score (nSPS) is 17.8. The highest BCUT2D eigenvalue weighted by atomic mass is 32.2. The summed E-state index contributed by atoms with van der Waals surface area (Å²) >= 11 is 0. The van der Waals surface area contributed by atoms with E-state index in [9.17, 15) is 18.0 Å². The lowest BCUT2D eigenvalue weighted by Crippen LogP contribution is -2.45. The monoisotopic (exact) mass is 306 g/mol. The molecule has 0 N–H and O–H groups in total. The molecule has 8 heteroatoms. The van der Waals surface area contributed by atoms with E-state index in [0.717, 1.165) is 0 Å². The van der Waals surface area contributed by atoms with Gasteiger partial charge in [-0.2, -0.15) is 0 Å². The first-order chi connectivity index (χ1) is 9.29. The van der Waals surface area contributed by atoms with Gasteiger partial charge in [-0.15, -0.1) is 0 Å². The Hall–Kier alpha value is -1.15. The van der Waals surface area contributed by atoms with Crippen molar-refractivity contribution < 1.29 is 22.7 Å². The minimum Gasteiger partial charge on any atom is -0.468 e. The van der Waals surface area contributed by atoms with Crippen molar-refractivity contribution in [3.63, 3.8) is 0 Å². The number of ether oxygens (including phenoxy) is 1. The maximum absolute atomic E-state index is 12.3. The maximum atomic E-state index is 12.3. The molecule has 1 heterocycles. The molecule has 0 aromatic carbocycles. The highest BCUT2D eigenvalue weighted by molar-refractivity contribution is 7.88. The molecule has 1 aliphatic rings. The molecule has 1 amide bonds. The van der Waals surface area contributed by atoms with Crippen LogP contribution in [0.5, 0.6) is 0 Å². The molecule has 0 aromatic rings. The summed E-state index contributed by atoms with van der Waals surface area (Å²) in [6, 6.07) is 0. The zero-order valence-corrected chi connectivity index (χ0v) is 13.0. The van der Waals surface area contributed by atoms with Crippen LogP contribution in [0.3, 0.4) is 0 Å². The van der Waals surface area contributed by atoms with Crippen molar-refractivity contribution in [2.45, 2.75) is 19.8 Å². The number of carbonyl (C=O) groups is 2. The second-order valence-electron chi connectivity index (χ2n) is 4.86. The summed E-state index contributed by atoms with van der Waals surface area (Å²) in [7, 11) is -1.91. The minimum atomic E-state index is -3.19. The van der Waals surface area contributed by atoms with Crippen molar-refractivity contribution in [1.82, 2.24) is 9.21 Å². The third kappa shape index (κ3) is 4.45. The van der Waals surface area contributed by atoms with Gasteiger partial charge >= 0.3 is 5.97 Å². The van der Waals surface area contributed by atoms with Gasteiger partial charge in [-0.1, -0.05) is 0 Å². The number of amides is 1. The quantitative estimate of drug-likeness (QED) is 0.650. The van der Waals surface area contributed by atoms with E-state index in [1.165, 1.54) is 22.6 Å². The van der Waals surface area contributed by atoms with Crippen LogP contribution >= 0.6 is 0 Å². The Labute approximate surface area is 119 Å². The molecular formula is C12H22N2O5S. The first-order valence-corrected chi connectivity index (χ1v) is 8.45. The number of methoxy groups -OCH3 is 1. The summed E-state index contributed by atoms with van der Waals surface area (Å²) in [5.74, 6) is -0.780. The van der Waals surface area contributed by atoms with Gasteiger partial charge in [0, 0.05) is 25.6 Å². The summed E-state index contributed by atoms with van der Waals surface area (Å²) in [6.07, 6.45) is 2.15. The summed E-state index contributed by atoms with van der Waals surface area (Å²) < 4.78 is 28.8. The Morgan fingerprint density at radius 1 is 1.30 bits per heavy atom. The molecule has 0 unspecified atom stereocenters. The smallest absolute Gasteiger partial charge is 0.325 e. The molecule has 1 aliphatic heterocycles. The fraction of sp³-hybridized carbons (Fsp3) is 0.833. The van der Waals surface area contributed by atoms with Gasteiger partial charge in [0.2, 0.25) is 15.9 Å². The Bertz CT molecular complexity index is 454. The van der Waals surface area contributed by atoms with Gasteiger partial charge in [0.05, 0.1) is 13.4 Å². The second kappa shape index (κ2) is 7.03. The van der Waals surface area contributed by atoms with Gasteiger partial charge in [0.15, 0.2) is 0 Å². The van der Waals surface area contributed by atoms with Crippen LogP contribution in [-0.2, 0) is 24.3 Å². The number of esters is 1. The molecule has 116 valence electrons. The van der Waals surface area contributed by atoms with E-state index in [1.54, 1.807) is 6.92 Å². The molecule has 20 heavy (non-hydrogen) atoms. The van der Waals surface area contributed by atoms with Crippen molar-refractivity contribution >= 4 is 21.9 Å². The Kier molecular flexibility index (Phi) is 5.94. The van der Waals surface area contributed by atoms with E-state index in [4.69, 9.17) is 0 Å². The third-order valence-electron chi connectivity index (χ3n) is 3.51. The summed E-state index contributed by atoms with van der Waals surface area (Å²) in [6.45, 7) is 2.88. The SMILES string of the molecule is CCN(CC(=O)OC)C(=O)C1CCN(S(C)(=O)=O)CC1. The molecule has 7 nitrogen and oxygen atoms in total. The molecule has 0 saturated carbocycles. The first kappa shape index (κ1) is 16.9. The topological polar surface area (TPSA) is 84.0 Å². The zero-order chi connectivity index (χ0) is 15.3. The molecule has 1 rings (SSSR count). The van der Waals surface area contributed by atoms with Gasteiger partial charge in [-0.05, 0) is 19.8 Å².